The third-order valence-electron chi connectivity index (χ3n) is 15.9. The Morgan fingerprint density at radius 2 is 0.727 bits per heavy atom. The highest BCUT2D eigenvalue weighted by molar-refractivity contribution is 7.45. The van der Waals surface area contributed by atoms with Gasteiger partial charge in [-0.3, -0.25) is 14.2 Å². The number of unbranched alkanes of at least 4 members (excludes halogenated alkanes) is 34. The summed E-state index contributed by atoms with van der Waals surface area (Å²) in [4.78, 5) is 40.2. The topological polar surface area (TPSA) is 114 Å². The van der Waals surface area contributed by atoms with Gasteiger partial charge in [0.25, 0.3) is 7.82 Å². The number of amides is 1. The molecule has 0 aromatic heterocycles. The van der Waals surface area contributed by atoms with Gasteiger partial charge in [0.05, 0.1) is 33.8 Å². The lowest BCUT2D eigenvalue weighted by molar-refractivity contribution is -0.870. The molecule has 0 saturated carbocycles. The Bertz CT molecular complexity index is 1870. The second-order valence-electron chi connectivity index (χ2n) is 25.7. The van der Waals surface area contributed by atoms with Crippen LogP contribution in [0.15, 0.2) is 109 Å². The zero-order chi connectivity index (χ0) is 64.2. The molecule has 1 N–H and O–H groups in total. The number of rotatable bonds is 66. The van der Waals surface area contributed by atoms with Crippen molar-refractivity contribution >= 4 is 19.7 Å². The van der Waals surface area contributed by atoms with Gasteiger partial charge >= 0.3 is 5.97 Å². The van der Waals surface area contributed by atoms with Crippen LogP contribution in [0.1, 0.15) is 323 Å². The first kappa shape index (κ1) is 84.7. The number of phosphoric ester groups is 1. The van der Waals surface area contributed by atoms with E-state index in [1.165, 1.54) is 173 Å². The second kappa shape index (κ2) is 66.6. The van der Waals surface area contributed by atoms with Gasteiger partial charge in [0.1, 0.15) is 19.3 Å². The Hall–Kier alpha value is -3.33. The zero-order valence-electron chi connectivity index (χ0n) is 58.2. The summed E-state index contributed by atoms with van der Waals surface area (Å²) in [5.41, 5.74) is 0. The third kappa shape index (κ3) is 67.1. The minimum absolute atomic E-state index is 0.0305. The van der Waals surface area contributed by atoms with E-state index in [1.807, 2.05) is 33.3 Å². The Labute approximate surface area is 544 Å². The van der Waals surface area contributed by atoms with Crippen LogP contribution >= 0.6 is 7.82 Å². The fourth-order valence-corrected chi connectivity index (χ4v) is 11.0. The van der Waals surface area contributed by atoms with Gasteiger partial charge in [-0.1, -0.05) is 304 Å². The number of hydrogen-bond donors (Lipinski definition) is 1. The van der Waals surface area contributed by atoms with Crippen molar-refractivity contribution in [1.29, 1.82) is 0 Å². The molecule has 88 heavy (non-hydrogen) atoms. The summed E-state index contributed by atoms with van der Waals surface area (Å²) >= 11 is 0. The molecule has 3 unspecified atom stereocenters. The van der Waals surface area contributed by atoms with Crippen LogP contribution < -0.4 is 10.2 Å². The molecule has 508 valence electrons. The van der Waals surface area contributed by atoms with Crippen molar-refractivity contribution in [3.05, 3.63) is 109 Å². The fraction of sp³-hybridized carbons (Fsp3) is 0.744. The molecular weight excluding hydrogens is 1110 g/mol. The lowest BCUT2D eigenvalue weighted by atomic mass is 10.0. The van der Waals surface area contributed by atoms with Gasteiger partial charge in [-0.05, 0) is 115 Å². The van der Waals surface area contributed by atoms with Crippen LogP contribution in [0.2, 0.25) is 0 Å². The van der Waals surface area contributed by atoms with Crippen LogP contribution in [-0.4, -0.2) is 69.4 Å². The molecule has 0 fully saturated rings. The number of hydrogen-bond acceptors (Lipinski definition) is 7. The quantitative estimate of drug-likeness (QED) is 0.0212. The number of likely N-dealkylation sites (N-methyl/N-ethyl adjacent to an activating group) is 1. The van der Waals surface area contributed by atoms with Gasteiger partial charge < -0.3 is 28.5 Å². The van der Waals surface area contributed by atoms with Crippen molar-refractivity contribution in [3.63, 3.8) is 0 Å². The Morgan fingerprint density at radius 1 is 0.409 bits per heavy atom. The van der Waals surface area contributed by atoms with Crippen LogP contribution in [-0.2, 0) is 27.9 Å². The standard InChI is InChI=1S/C78H139N2O7P/c1-7-10-13-16-19-22-25-28-30-32-34-36-38-39-40-41-43-44-46-48-50-52-55-58-61-64-67-70-77(81)79-75(74-86-88(83,84)85-73-72-80(4,5)6)76(69-66-63-60-57-54-27-24-21-18-15-12-9-3)87-78(82)71-68-65-62-59-56-53-51-49-47-45-42-37-35-33-31-29-26-23-20-17-14-11-8-2/h11,14,19-20,22-23,28-31,35,37,45,47,51,53,66,69,75-76H,7-10,12-13,15-18,21,24-27,32-34,36,38-44,46,48-50,52,54-65,67-68,70-74H2,1-6H3,(H-,79,81,83,84)/b14-11-,22-19-,23-20-,30-28-,31-29-,37-35-,47-45-,53-51-,69-66-. The van der Waals surface area contributed by atoms with Crippen LogP contribution in [0.25, 0.3) is 0 Å². The number of phosphoric acid groups is 1. The second-order valence-corrected chi connectivity index (χ2v) is 27.1. The monoisotopic (exact) mass is 1250 g/mol. The molecule has 0 spiro atoms. The van der Waals surface area contributed by atoms with Crippen LogP contribution in [0.3, 0.4) is 0 Å². The number of nitrogens with one attached hydrogen (secondary N) is 1. The highest BCUT2D eigenvalue weighted by Crippen LogP contribution is 2.38. The fourth-order valence-electron chi connectivity index (χ4n) is 10.3. The third-order valence-corrected chi connectivity index (χ3v) is 16.9. The molecule has 0 saturated heterocycles. The maximum Gasteiger partial charge on any atom is 0.306 e. The minimum Gasteiger partial charge on any atom is -0.756 e. The zero-order valence-corrected chi connectivity index (χ0v) is 59.0. The van der Waals surface area contributed by atoms with E-state index in [1.54, 1.807) is 0 Å². The molecule has 3 atom stereocenters. The van der Waals surface area contributed by atoms with Crippen molar-refractivity contribution in [2.24, 2.45) is 0 Å². The first-order chi connectivity index (χ1) is 42.9. The Kier molecular flexibility index (Phi) is 64.1. The maximum atomic E-state index is 13.6. The van der Waals surface area contributed by atoms with Crippen LogP contribution in [0.5, 0.6) is 0 Å². The van der Waals surface area contributed by atoms with Crippen molar-refractivity contribution in [2.75, 3.05) is 40.9 Å². The van der Waals surface area contributed by atoms with E-state index in [9.17, 15) is 19.0 Å². The van der Waals surface area contributed by atoms with Crippen LogP contribution in [0.4, 0.5) is 0 Å². The molecule has 1 amide bonds. The van der Waals surface area contributed by atoms with Crippen molar-refractivity contribution in [1.82, 2.24) is 5.32 Å². The summed E-state index contributed by atoms with van der Waals surface area (Å²) in [7, 11) is 1.17. The average Bonchev–Trinajstić information content (AvgIpc) is 3.71. The van der Waals surface area contributed by atoms with Gasteiger partial charge in [-0.2, -0.15) is 0 Å². The summed E-state index contributed by atoms with van der Waals surface area (Å²) in [6.07, 6.45) is 92.2. The Morgan fingerprint density at radius 3 is 1.11 bits per heavy atom. The lowest BCUT2D eigenvalue weighted by Gasteiger charge is -2.30. The molecule has 0 heterocycles. The normalized spacial score (nSPS) is 14.1. The number of quaternary nitrogens is 1. The molecule has 0 bridgehead atoms. The lowest BCUT2D eigenvalue weighted by Crippen LogP contribution is -2.47. The first-order valence-corrected chi connectivity index (χ1v) is 38.2. The average molecular weight is 1250 g/mol. The van der Waals surface area contributed by atoms with Gasteiger partial charge in [-0.25, -0.2) is 0 Å². The van der Waals surface area contributed by atoms with Crippen molar-refractivity contribution < 1.29 is 37.3 Å². The van der Waals surface area contributed by atoms with E-state index in [2.05, 4.69) is 123 Å². The largest absolute Gasteiger partial charge is 0.756 e. The minimum atomic E-state index is -4.72. The number of nitrogens with zero attached hydrogens (tertiary/aromatic N) is 1. The number of allylic oxidation sites excluding steroid dienone is 17. The van der Waals surface area contributed by atoms with Gasteiger partial charge in [0.2, 0.25) is 5.91 Å². The van der Waals surface area contributed by atoms with E-state index in [-0.39, 0.29) is 24.9 Å². The number of carbonyl (C=O) groups is 2. The van der Waals surface area contributed by atoms with Crippen LogP contribution in [0, 0.1) is 0 Å². The number of esters is 1. The highest BCUT2D eigenvalue weighted by atomic mass is 31.2. The molecule has 0 rings (SSSR count). The maximum absolute atomic E-state index is 13.6. The Balaban J connectivity index is 5.06. The summed E-state index contributed by atoms with van der Waals surface area (Å²) < 4.78 is 30.4. The van der Waals surface area contributed by atoms with E-state index in [0.29, 0.717) is 23.9 Å². The molecule has 0 aliphatic rings. The van der Waals surface area contributed by atoms with Gasteiger partial charge in [0, 0.05) is 12.8 Å². The molecule has 0 radical (unpaired) electrons. The summed E-state index contributed by atoms with van der Waals surface area (Å²) in [5, 5.41) is 3.04. The molecule has 0 aromatic carbocycles. The first-order valence-electron chi connectivity index (χ1n) is 36.7. The summed E-state index contributed by atoms with van der Waals surface area (Å²) in [6, 6.07) is -0.906. The van der Waals surface area contributed by atoms with Crippen molar-refractivity contribution in [3.8, 4) is 0 Å². The molecule has 0 aromatic rings. The van der Waals surface area contributed by atoms with E-state index >= 15 is 0 Å². The molecule has 0 aliphatic carbocycles. The molecule has 10 heteroatoms. The predicted octanol–water partition coefficient (Wildman–Crippen LogP) is 23.0. The summed E-state index contributed by atoms with van der Waals surface area (Å²) in [5.74, 6) is -0.566. The molecule has 9 nitrogen and oxygen atoms in total. The van der Waals surface area contributed by atoms with E-state index in [0.717, 1.165) is 109 Å². The smallest absolute Gasteiger partial charge is 0.306 e. The SMILES string of the molecule is CC/C=C\C/C=C\C/C=C\C/C=C\C/C=C\C/C=C\CCCCCCC(=O)OC(/C=C\CCCCCCCCCCCC)C(COP(=O)([O-])OCC[N+](C)(C)C)NC(=O)CCCCCCCCCCCCCCCCCCC/C=C\C/C=C\CCCCC. The summed E-state index contributed by atoms with van der Waals surface area (Å²) in [6.45, 7) is 6.71. The van der Waals surface area contributed by atoms with E-state index in [4.69, 9.17) is 13.8 Å². The number of carbonyl (C=O) groups excluding carboxylic acids is 2. The molecular formula is C78H139N2O7P. The molecule has 0 aliphatic heterocycles. The number of ether oxygens (including phenoxy) is 1. The van der Waals surface area contributed by atoms with Crippen molar-refractivity contribution in [2.45, 2.75) is 335 Å². The van der Waals surface area contributed by atoms with E-state index < -0.39 is 26.6 Å². The van der Waals surface area contributed by atoms with Gasteiger partial charge in [0.15, 0.2) is 0 Å². The highest BCUT2D eigenvalue weighted by Gasteiger charge is 2.27. The predicted molar refractivity (Wildman–Crippen MR) is 381 cm³/mol. The van der Waals surface area contributed by atoms with Gasteiger partial charge in [-0.15, -0.1) is 0 Å².